The third-order valence-electron chi connectivity index (χ3n) is 3.41. The second kappa shape index (κ2) is 9.22. The fourth-order valence-electron chi connectivity index (χ4n) is 2.04. The average Bonchev–Trinajstić information content (AvgIpc) is 2.62. The summed E-state index contributed by atoms with van der Waals surface area (Å²) in [6, 6.07) is 14.6. The molecule has 0 saturated carbocycles. The third-order valence-corrected chi connectivity index (χ3v) is 3.41. The number of benzene rings is 2. The lowest BCUT2D eigenvalue weighted by Crippen LogP contribution is -2.42. The number of anilines is 2. The van der Waals surface area contributed by atoms with Gasteiger partial charge in [-0.3, -0.25) is 4.79 Å². The highest BCUT2D eigenvalue weighted by Gasteiger charge is 2.18. The molecule has 3 amide bonds. The summed E-state index contributed by atoms with van der Waals surface area (Å²) < 4.78 is 4.92. The number of para-hydroxylation sites is 1. The summed E-state index contributed by atoms with van der Waals surface area (Å²) in [5.41, 5.74) is 2.29. The Hall–Kier alpha value is -3.35. The van der Waals surface area contributed by atoms with Gasteiger partial charge in [-0.25, -0.2) is 9.59 Å². The van der Waals surface area contributed by atoms with Crippen molar-refractivity contribution in [3.8, 4) is 0 Å². The molecule has 0 bridgehead atoms. The van der Waals surface area contributed by atoms with Crippen molar-refractivity contribution >= 4 is 29.3 Å². The Morgan fingerprint density at radius 3 is 2.19 bits per heavy atom. The molecule has 2 aromatic rings. The Kier molecular flexibility index (Phi) is 6.73. The van der Waals surface area contributed by atoms with Gasteiger partial charge in [0.15, 0.2) is 6.61 Å². The van der Waals surface area contributed by atoms with Crippen LogP contribution in [0.3, 0.4) is 0 Å². The van der Waals surface area contributed by atoms with Crippen LogP contribution in [0.5, 0.6) is 0 Å². The molecular weight excluding hydrogens is 334 g/mol. The molecule has 0 aliphatic heterocycles. The number of carbonyl (C=O) groups excluding carboxylic acids is 3. The summed E-state index contributed by atoms with van der Waals surface area (Å²) in [6.45, 7) is 2.99. The highest BCUT2D eigenvalue weighted by molar-refractivity contribution is 5.94. The highest BCUT2D eigenvalue weighted by Crippen LogP contribution is 2.08. The fourth-order valence-corrected chi connectivity index (χ4v) is 2.04. The zero-order chi connectivity index (χ0) is 18.9. The second-order valence-electron chi connectivity index (χ2n) is 5.71. The Morgan fingerprint density at radius 1 is 0.923 bits per heavy atom. The van der Waals surface area contributed by atoms with Gasteiger partial charge in [-0.15, -0.1) is 0 Å². The van der Waals surface area contributed by atoms with Crippen molar-refractivity contribution in [2.45, 2.75) is 19.9 Å². The first-order chi connectivity index (χ1) is 12.4. The third kappa shape index (κ3) is 6.27. The van der Waals surface area contributed by atoms with Gasteiger partial charge >= 0.3 is 12.0 Å². The number of urea groups is 1. The van der Waals surface area contributed by atoms with Crippen molar-refractivity contribution in [3.05, 3.63) is 60.2 Å². The molecule has 2 rings (SSSR count). The van der Waals surface area contributed by atoms with Crippen LogP contribution in [-0.4, -0.2) is 30.6 Å². The molecule has 26 heavy (non-hydrogen) atoms. The van der Waals surface area contributed by atoms with E-state index in [1.54, 1.807) is 36.4 Å². The van der Waals surface area contributed by atoms with E-state index in [1.165, 1.54) is 6.92 Å². The molecule has 0 heterocycles. The number of rotatable bonds is 6. The molecule has 0 radical (unpaired) electrons. The van der Waals surface area contributed by atoms with Crippen LogP contribution in [0.2, 0.25) is 0 Å². The minimum atomic E-state index is -0.897. The van der Waals surface area contributed by atoms with Crippen LogP contribution in [0.1, 0.15) is 12.5 Å². The normalized spacial score (nSPS) is 11.2. The zero-order valence-electron chi connectivity index (χ0n) is 14.6. The molecular formula is C19H21N3O4. The summed E-state index contributed by atoms with van der Waals surface area (Å²) in [4.78, 5) is 35.5. The van der Waals surface area contributed by atoms with Gasteiger partial charge in [0.05, 0.1) is 0 Å². The van der Waals surface area contributed by atoms with Gasteiger partial charge in [-0.2, -0.15) is 0 Å². The molecule has 0 unspecified atom stereocenters. The van der Waals surface area contributed by atoms with E-state index in [1.807, 2.05) is 25.1 Å². The van der Waals surface area contributed by atoms with Crippen molar-refractivity contribution in [1.29, 1.82) is 0 Å². The van der Waals surface area contributed by atoms with Crippen molar-refractivity contribution in [2.24, 2.45) is 0 Å². The van der Waals surface area contributed by atoms with E-state index in [0.717, 1.165) is 5.56 Å². The van der Waals surface area contributed by atoms with E-state index in [9.17, 15) is 14.4 Å². The van der Waals surface area contributed by atoms with E-state index >= 15 is 0 Å². The van der Waals surface area contributed by atoms with Crippen molar-refractivity contribution < 1.29 is 19.1 Å². The molecule has 7 heteroatoms. The first-order valence-corrected chi connectivity index (χ1v) is 8.10. The Bertz CT molecular complexity index is 760. The lowest BCUT2D eigenvalue weighted by molar-refractivity contribution is -0.148. The number of aryl methyl sites for hydroxylation is 1. The topological polar surface area (TPSA) is 96.5 Å². The van der Waals surface area contributed by atoms with Crippen LogP contribution in [0.15, 0.2) is 54.6 Å². The maximum atomic E-state index is 11.9. The number of carbonyl (C=O) groups is 3. The maximum Gasteiger partial charge on any atom is 0.328 e. The predicted octanol–water partition coefficient (Wildman–Crippen LogP) is 2.69. The summed E-state index contributed by atoms with van der Waals surface area (Å²) in [7, 11) is 0. The molecule has 0 aromatic heterocycles. The second-order valence-corrected chi connectivity index (χ2v) is 5.71. The summed E-state index contributed by atoms with van der Waals surface area (Å²) in [6.07, 6.45) is 0. The fraction of sp³-hybridized carbons (Fsp3) is 0.211. The Labute approximate surface area is 151 Å². The quantitative estimate of drug-likeness (QED) is 0.694. The van der Waals surface area contributed by atoms with E-state index in [0.29, 0.717) is 11.4 Å². The molecule has 3 N–H and O–H groups in total. The van der Waals surface area contributed by atoms with Crippen molar-refractivity contribution in [3.63, 3.8) is 0 Å². The molecule has 0 saturated heterocycles. The van der Waals surface area contributed by atoms with Gasteiger partial charge in [0.2, 0.25) is 0 Å². The van der Waals surface area contributed by atoms with Gasteiger partial charge in [0, 0.05) is 11.4 Å². The van der Waals surface area contributed by atoms with Crippen LogP contribution in [0, 0.1) is 6.92 Å². The van der Waals surface area contributed by atoms with Gasteiger partial charge in [0.25, 0.3) is 5.91 Å². The smallest absolute Gasteiger partial charge is 0.328 e. The van der Waals surface area contributed by atoms with Crippen LogP contribution in [0.4, 0.5) is 16.2 Å². The van der Waals surface area contributed by atoms with E-state index in [4.69, 9.17) is 4.74 Å². The number of hydrogen-bond acceptors (Lipinski definition) is 4. The van der Waals surface area contributed by atoms with E-state index in [-0.39, 0.29) is 0 Å². The molecule has 136 valence electrons. The van der Waals surface area contributed by atoms with Gasteiger partial charge < -0.3 is 20.7 Å². The predicted molar refractivity (Wildman–Crippen MR) is 98.8 cm³/mol. The SMILES string of the molecule is Cc1ccc(NC(=O)COC(=O)[C@H](C)NC(=O)Nc2ccccc2)cc1. The Morgan fingerprint density at radius 2 is 1.54 bits per heavy atom. The van der Waals surface area contributed by atoms with Gasteiger partial charge in [-0.05, 0) is 38.1 Å². The Balaban J connectivity index is 1.73. The lowest BCUT2D eigenvalue weighted by Gasteiger charge is -2.14. The molecule has 0 fully saturated rings. The number of hydrogen-bond donors (Lipinski definition) is 3. The van der Waals surface area contributed by atoms with Crippen LogP contribution < -0.4 is 16.0 Å². The van der Waals surface area contributed by atoms with E-state index < -0.39 is 30.6 Å². The molecule has 0 aliphatic carbocycles. The minimum absolute atomic E-state index is 0.432. The van der Waals surface area contributed by atoms with Crippen molar-refractivity contribution in [2.75, 3.05) is 17.2 Å². The maximum absolute atomic E-state index is 11.9. The van der Waals surface area contributed by atoms with Gasteiger partial charge in [0.1, 0.15) is 6.04 Å². The van der Waals surface area contributed by atoms with Crippen LogP contribution in [0.25, 0.3) is 0 Å². The van der Waals surface area contributed by atoms with Crippen LogP contribution >= 0.6 is 0 Å². The molecule has 1 atom stereocenters. The average molecular weight is 355 g/mol. The largest absolute Gasteiger partial charge is 0.454 e. The highest BCUT2D eigenvalue weighted by atomic mass is 16.5. The summed E-state index contributed by atoms with van der Waals surface area (Å²) >= 11 is 0. The van der Waals surface area contributed by atoms with E-state index in [2.05, 4.69) is 16.0 Å². The lowest BCUT2D eigenvalue weighted by atomic mass is 10.2. The number of nitrogens with one attached hydrogen (secondary N) is 3. The summed E-state index contributed by atoms with van der Waals surface area (Å²) in [5.74, 6) is -1.16. The standard InChI is InChI=1S/C19H21N3O4/c1-13-8-10-16(11-9-13)21-17(23)12-26-18(24)14(2)20-19(25)22-15-6-4-3-5-7-15/h3-11,14H,12H2,1-2H3,(H,21,23)(H2,20,22,25)/t14-/m0/s1. The first-order valence-electron chi connectivity index (χ1n) is 8.10. The molecule has 2 aromatic carbocycles. The first kappa shape index (κ1) is 19.0. The van der Waals surface area contributed by atoms with Gasteiger partial charge in [-0.1, -0.05) is 35.9 Å². The van der Waals surface area contributed by atoms with Crippen LogP contribution in [-0.2, 0) is 14.3 Å². The number of amides is 3. The minimum Gasteiger partial charge on any atom is -0.454 e. The number of esters is 1. The molecule has 0 spiro atoms. The molecule has 0 aliphatic rings. The zero-order valence-corrected chi connectivity index (χ0v) is 14.6. The summed E-state index contributed by atoms with van der Waals surface area (Å²) in [5, 5.41) is 7.67. The molecule has 7 nitrogen and oxygen atoms in total. The van der Waals surface area contributed by atoms with Crippen molar-refractivity contribution in [1.82, 2.24) is 5.32 Å². The monoisotopic (exact) mass is 355 g/mol. The number of ether oxygens (including phenoxy) is 1.